The number of carbonyl (C=O) groups is 1. The van der Waals surface area contributed by atoms with Gasteiger partial charge in [-0.25, -0.2) is 0 Å². The van der Waals surface area contributed by atoms with Crippen LogP contribution in [0.2, 0.25) is 0 Å². The molecule has 2 bridgehead atoms. The van der Waals surface area contributed by atoms with E-state index in [1.54, 1.807) is 0 Å². The smallest absolute Gasteiger partial charge is 0.224 e. The molecular formula is C12H21ClN2OS. The van der Waals surface area contributed by atoms with Crippen molar-refractivity contribution in [2.45, 2.75) is 37.8 Å². The molecule has 1 N–H and O–H groups in total. The quantitative estimate of drug-likeness (QED) is 0.830. The second-order valence-electron chi connectivity index (χ2n) is 5.31. The summed E-state index contributed by atoms with van der Waals surface area (Å²) in [4.78, 5) is 14.3. The molecule has 0 aromatic carbocycles. The zero-order chi connectivity index (χ0) is 11.0. The lowest BCUT2D eigenvalue weighted by Gasteiger charge is -2.30. The third-order valence-electron chi connectivity index (χ3n) is 4.15. The largest absolute Gasteiger partial charge is 0.339 e. The van der Waals surface area contributed by atoms with Gasteiger partial charge in [-0.1, -0.05) is 0 Å². The van der Waals surface area contributed by atoms with Gasteiger partial charge in [-0.3, -0.25) is 4.79 Å². The van der Waals surface area contributed by atoms with Gasteiger partial charge in [0.2, 0.25) is 5.91 Å². The molecule has 5 heteroatoms. The maximum absolute atomic E-state index is 12.2. The van der Waals surface area contributed by atoms with Crippen LogP contribution in [0.15, 0.2) is 0 Å². The van der Waals surface area contributed by atoms with Gasteiger partial charge in [-0.05, 0) is 25.2 Å². The maximum atomic E-state index is 12.2. The molecule has 2 heterocycles. The van der Waals surface area contributed by atoms with Crippen LogP contribution in [0.5, 0.6) is 0 Å². The number of rotatable bonds is 2. The first kappa shape index (κ1) is 13.5. The van der Waals surface area contributed by atoms with E-state index in [0.717, 1.165) is 31.2 Å². The number of piperidine rings is 1. The fourth-order valence-corrected chi connectivity index (χ4v) is 4.26. The van der Waals surface area contributed by atoms with Gasteiger partial charge in [0.25, 0.3) is 0 Å². The summed E-state index contributed by atoms with van der Waals surface area (Å²) in [6, 6.07) is 1.01. The van der Waals surface area contributed by atoms with Crippen LogP contribution in [-0.4, -0.2) is 47.5 Å². The average molecular weight is 277 g/mol. The van der Waals surface area contributed by atoms with Gasteiger partial charge >= 0.3 is 0 Å². The van der Waals surface area contributed by atoms with E-state index < -0.39 is 0 Å². The van der Waals surface area contributed by atoms with Crippen LogP contribution in [0.1, 0.15) is 25.7 Å². The van der Waals surface area contributed by atoms with Gasteiger partial charge in [0, 0.05) is 43.1 Å². The summed E-state index contributed by atoms with van der Waals surface area (Å²) < 4.78 is 0. The van der Waals surface area contributed by atoms with Crippen molar-refractivity contribution in [1.29, 1.82) is 0 Å². The number of hydrogen-bond acceptors (Lipinski definition) is 3. The van der Waals surface area contributed by atoms with E-state index in [4.69, 9.17) is 0 Å². The number of fused-ring (bicyclic) bond motifs is 2. The highest BCUT2D eigenvalue weighted by Crippen LogP contribution is 2.37. The number of amides is 1. The van der Waals surface area contributed by atoms with Gasteiger partial charge < -0.3 is 10.2 Å². The van der Waals surface area contributed by atoms with Crippen LogP contribution >= 0.6 is 24.2 Å². The average Bonchev–Trinajstić information content (AvgIpc) is 2.92. The molecule has 0 aromatic rings. The summed E-state index contributed by atoms with van der Waals surface area (Å²) in [6.07, 6.45) is 4.60. The number of nitrogens with one attached hydrogen (secondary N) is 1. The van der Waals surface area contributed by atoms with Crippen LogP contribution < -0.4 is 5.32 Å². The lowest BCUT2D eigenvalue weighted by atomic mass is 10.1. The van der Waals surface area contributed by atoms with Crippen molar-refractivity contribution >= 4 is 30.1 Å². The van der Waals surface area contributed by atoms with Crippen molar-refractivity contribution < 1.29 is 4.79 Å². The van der Waals surface area contributed by atoms with Crippen molar-refractivity contribution in [3.05, 3.63) is 0 Å². The summed E-state index contributed by atoms with van der Waals surface area (Å²) in [5.74, 6) is 3.52. The number of halogens is 1. The second kappa shape index (κ2) is 5.81. The molecule has 3 aliphatic rings. The molecule has 17 heavy (non-hydrogen) atoms. The molecule has 0 radical (unpaired) electrons. The second-order valence-corrected chi connectivity index (χ2v) is 6.46. The Balaban J connectivity index is 0.00000108. The standard InChI is InChI=1S/C12H20N2OS.ClH/c15-12(6-10-8-16-4-3-13-10)14-7-9-1-2-11(14)5-9;/h9-11,13H,1-8H2;1H. The first-order valence-electron chi connectivity index (χ1n) is 6.43. The number of carbonyl (C=O) groups excluding carboxylic acids is 1. The molecule has 3 nitrogen and oxygen atoms in total. The number of thioether (sulfide) groups is 1. The predicted molar refractivity (Wildman–Crippen MR) is 73.8 cm³/mol. The molecule has 3 atom stereocenters. The van der Waals surface area contributed by atoms with Crippen molar-refractivity contribution in [2.75, 3.05) is 24.6 Å². The van der Waals surface area contributed by atoms with E-state index >= 15 is 0 Å². The summed E-state index contributed by atoms with van der Waals surface area (Å²) in [6.45, 7) is 2.11. The monoisotopic (exact) mass is 276 g/mol. The Hall–Kier alpha value is 0.0700. The fraction of sp³-hybridized carbons (Fsp3) is 0.917. The van der Waals surface area contributed by atoms with E-state index in [1.807, 2.05) is 11.8 Å². The Bertz CT molecular complexity index is 284. The molecule has 98 valence electrons. The third-order valence-corrected chi connectivity index (χ3v) is 5.28. The van der Waals surface area contributed by atoms with Crippen molar-refractivity contribution in [1.82, 2.24) is 10.2 Å². The predicted octanol–water partition coefficient (Wildman–Crippen LogP) is 1.51. The normalized spacial score (nSPS) is 35.8. The molecule has 3 unspecified atom stereocenters. The van der Waals surface area contributed by atoms with E-state index in [1.165, 1.54) is 25.0 Å². The minimum absolute atomic E-state index is 0. The van der Waals surface area contributed by atoms with Crippen LogP contribution in [0.3, 0.4) is 0 Å². The SMILES string of the molecule is Cl.O=C(CC1CSCCN1)N1CC2CCC1C2. The number of hydrogen-bond donors (Lipinski definition) is 1. The summed E-state index contributed by atoms with van der Waals surface area (Å²) in [5, 5.41) is 3.45. The summed E-state index contributed by atoms with van der Waals surface area (Å²) in [7, 11) is 0. The van der Waals surface area contributed by atoms with E-state index in [2.05, 4.69) is 10.2 Å². The van der Waals surface area contributed by atoms with Gasteiger partial charge in [-0.2, -0.15) is 11.8 Å². The third kappa shape index (κ3) is 2.91. The van der Waals surface area contributed by atoms with E-state index in [0.29, 0.717) is 18.0 Å². The Kier molecular flexibility index (Phi) is 4.61. The maximum Gasteiger partial charge on any atom is 0.224 e. The first-order chi connectivity index (χ1) is 7.83. The molecule has 1 aliphatic carbocycles. The molecule has 1 saturated carbocycles. The molecular weight excluding hydrogens is 256 g/mol. The van der Waals surface area contributed by atoms with E-state index in [-0.39, 0.29) is 12.4 Å². The Labute approximate surface area is 113 Å². The molecule has 3 fully saturated rings. The Morgan fingerprint density at radius 1 is 1.41 bits per heavy atom. The van der Waals surface area contributed by atoms with Crippen molar-refractivity contribution in [3.8, 4) is 0 Å². The highest BCUT2D eigenvalue weighted by molar-refractivity contribution is 7.99. The van der Waals surface area contributed by atoms with Crippen LogP contribution in [0.4, 0.5) is 0 Å². The van der Waals surface area contributed by atoms with Gasteiger partial charge in [0.1, 0.15) is 0 Å². The van der Waals surface area contributed by atoms with Gasteiger partial charge in [0.05, 0.1) is 0 Å². The molecule has 0 aromatic heterocycles. The minimum Gasteiger partial charge on any atom is -0.339 e. The Morgan fingerprint density at radius 3 is 2.88 bits per heavy atom. The topological polar surface area (TPSA) is 32.3 Å². The molecule has 3 rings (SSSR count). The lowest BCUT2D eigenvalue weighted by molar-refractivity contribution is -0.133. The van der Waals surface area contributed by atoms with Gasteiger partial charge in [0.15, 0.2) is 0 Å². The Morgan fingerprint density at radius 2 is 2.29 bits per heavy atom. The molecule has 2 aliphatic heterocycles. The van der Waals surface area contributed by atoms with Crippen LogP contribution in [-0.2, 0) is 4.79 Å². The highest BCUT2D eigenvalue weighted by atomic mass is 35.5. The lowest BCUT2D eigenvalue weighted by Crippen LogP contribution is -2.44. The number of nitrogens with zero attached hydrogens (tertiary/aromatic N) is 1. The zero-order valence-electron chi connectivity index (χ0n) is 10.1. The van der Waals surface area contributed by atoms with Crippen LogP contribution in [0.25, 0.3) is 0 Å². The van der Waals surface area contributed by atoms with Crippen molar-refractivity contribution in [3.63, 3.8) is 0 Å². The van der Waals surface area contributed by atoms with Crippen LogP contribution in [0, 0.1) is 5.92 Å². The number of likely N-dealkylation sites (tertiary alicyclic amines) is 1. The zero-order valence-corrected chi connectivity index (χ0v) is 11.7. The fourth-order valence-electron chi connectivity index (χ4n) is 3.31. The first-order valence-corrected chi connectivity index (χ1v) is 7.59. The summed E-state index contributed by atoms with van der Waals surface area (Å²) >= 11 is 1.97. The molecule has 0 spiro atoms. The highest BCUT2D eigenvalue weighted by Gasteiger charge is 2.40. The van der Waals surface area contributed by atoms with Crippen molar-refractivity contribution in [2.24, 2.45) is 5.92 Å². The van der Waals surface area contributed by atoms with E-state index in [9.17, 15) is 4.79 Å². The molecule has 1 amide bonds. The summed E-state index contributed by atoms with van der Waals surface area (Å²) in [5.41, 5.74) is 0. The molecule has 2 saturated heterocycles. The van der Waals surface area contributed by atoms with Gasteiger partial charge in [-0.15, -0.1) is 12.4 Å². The minimum atomic E-state index is 0.